The molecule has 2 aliphatic rings. The predicted molar refractivity (Wildman–Crippen MR) is 88.2 cm³/mol. The van der Waals surface area contributed by atoms with Crippen LogP contribution in [0.4, 0.5) is 0 Å². The minimum absolute atomic E-state index is 0.0462. The summed E-state index contributed by atoms with van der Waals surface area (Å²) in [5.74, 6) is 0. The van der Waals surface area contributed by atoms with E-state index in [1.54, 1.807) is 0 Å². The van der Waals surface area contributed by atoms with Gasteiger partial charge in [-0.15, -0.1) is 0 Å². The molecule has 2 aliphatic heterocycles. The van der Waals surface area contributed by atoms with Crippen LogP contribution < -0.4 is 0 Å². The number of allylic oxidation sites excluding steroid dienone is 2. The van der Waals surface area contributed by atoms with Crippen LogP contribution in [0.25, 0.3) is 0 Å². The molecule has 0 aromatic rings. The first-order valence-electron chi connectivity index (χ1n) is 7.87. The summed E-state index contributed by atoms with van der Waals surface area (Å²) in [4.78, 5) is 2.14. The Balaban J connectivity index is 2.86. The van der Waals surface area contributed by atoms with E-state index >= 15 is 0 Å². The molecule has 0 aromatic heterocycles. The maximum absolute atomic E-state index is 9.70. The van der Waals surface area contributed by atoms with Crippen LogP contribution in [0.2, 0.25) is 0 Å². The fraction of sp³-hybridized carbons (Fsp3) is 0.684. The summed E-state index contributed by atoms with van der Waals surface area (Å²) in [7, 11) is 0. The fourth-order valence-electron chi connectivity index (χ4n) is 4.19. The third-order valence-electron chi connectivity index (χ3n) is 4.74. The van der Waals surface area contributed by atoms with Gasteiger partial charge in [0, 0.05) is 11.1 Å². The van der Waals surface area contributed by atoms with Crippen LogP contribution in [0.5, 0.6) is 0 Å². The molecular weight excluding hydrogens is 270 g/mol. The Labute approximate surface area is 134 Å². The molecule has 0 aliphatic carbocycles. The topological polar surface area (TPSA) is 50.8 Å². The number of nitrogens with zero attached hydrogens (tertiary/aromatic N) is 3. The van der Waals surface area contributed by atoms with Gasteiger partial charge in [-0.1, -0.05) is 62.3 Å². The van der Waals surface area contributed by atoms with E-state index < -0.39 is 5.54 Å². The maximum Gasteiger partial charge on any atom is 0.138 e. The van der Waals surface area contributed by atoms with Gasteiger partial charge in [-0.2, -0.15) is 10.5 Å². The summed E-state index contributed by atoms with van der Waals surface area (Å²) >= 11 is 0. The van der Waals surface area contributed by atoms with E-state index in [0.29, 0.717) is 11.3 Å². The standard InChI is InChI=1S/C19H27N3/c1-16(2,3)14-15(17(4,5)6)22-13(11-21)12(10-20)19(14,22)18(7,8)9/h1-9H3. The average molecular weight is 297 g/mol. The summed E-state index contributed by atoms with van der Waals surface area (Å²) in [6, 6.07) is 4.59. The molecule has 0 radical (unpaired) electrons. The Hall–Kier alpha value is -1.74. The molecule has 0 fully saturated rings. The van der Waals surface area contributed by atoms with Crippen molar-refractivity contribution in [3.63, 3.8) is 0 Å². The van der Waals surface area contributed by atoms with Gasteiger partial charge < -0.3 is 4.90 Å². The lowest BCUT2D eigenvalue weighted by atomic mass is 9.48. The van der Waals surface area contributed by atoms with E-state index in [1.807, 2.05) is 0 Å². The van der Waals surface area contributed by atoms with Crippen LogP contribution >= 0.6 is 0 Å². The molecule has 0 saturated heterocycles. The third kappa shape index (κ3) is 1.66. The van der Waals surface area contributed by atoms with Crippen molar-refractivity contribution in [1.29, 1.82) is 10.5 Å². The molecule has 2 rings (SSSR count). The van der Waals surface area contributed by atoms with Gasteiger partial charge in [0.1, 0.15) is 23.4 Å². The molecular formula is C19H27N3. The smallest absolute Gasteiger partial charge is 0.138 e. The first kappa shape index (κ1) is 16.6. The Morgan fingerprint density at radius 1 is 0.818 bits per heavy atom. The van der Waals surface area contributed by atoms with Gasteiger partial charge >= 0.3 is 0 Å². The van der Waals surface area contributed by atoms with Crippen molar-refractivity contribution in [3.05, 3.63) is 22.5 Å². The van der Waals surface area contributed by atoms with Crippen molar-refractivity contribution in [3.8, 4) is 12.1 Å². The van der Waals surface area contributed by atoms with Gasteiger partial charge in [-0.25, -0.2) is 0 Å². The number of rotatable bonds is 0. The van der Waals surface area contributed by atoms with Gasteiger partial charge in [0.25, 0.3) is 0 Å². The molecule has 0 bridgehead atoms. The zero-order chi connectivity index (χ0) is 17.3. The molecule has 3 nitrogen and oxygen atoms in total. The molecule has 0 amide bonds. The van der Waals surface area contributed by atoms with Crippen molar-refractivity contribution in [2.24, 2.45) is 16.2 Å². The second-order valence-electron chi connectivity index (χ2n) is 9.47. The number of hydrogen-bond acceptors (Lipinski definition) is 3. The van der Waals surface area contributed by atoms with Crippen LogP contribution in [0.3, 0.4) is 0 Å². The molecule has 0 aromatic carbocycles. The van der Waals surface area contributed by atoms with Crippen molar-refractivity contribution >= 4 is 0 Å². The number of nitriles is 2. The zero-order valence-electron chi connectivity index (χ0n) is 15.3. The SMILES string of the molecule is CC(C)(C)C1=C(C(C)(C)C)C2(C(C)(C)C)C(C#N)=C(C#N)N12. The van der Waals surface area contributed by atoms with Crippen LogP contribution in [-0.2, 0) is 0 Å². The monoisotopic (exact) mass is 297 g/mol. The van der Waals surface area contributed by atoms with Crippen molar-refractivity contribution in [2.75, 3.05) is 0 Å². The second kappa shape index (κ2) is 4.17. The molecule has 0 saturated carbocycles. The van der Waals surface area contributed by atoms with E-state index in [0.717, 1.165) is 0 Å². The van der Waals surface area contributed by atoms with E-state index in [-0.39, 0.29) is 16.2 Å². The zero-order valence-corrected chi connectivity index (χ0v) is 15.3. The molecule has 2 heterocycles. The molecule has 1 unspecified atom stereocenters. The summed E-state index contributed by atoms with van der Waals surface area (Å²) in [6.07, 6.45) is 0. The Kier molecular flexibility index (Phi) is 3.15. The first-order valence-corrected chi connectivity index (χ1v) is 7.87. The molecule has 1 atom stereocenters. The van der Waals surface area contributed by atoms with Crippen molar-refractivity contribution in [1.82, 2.24) is 4.90 Å². The summed E-state index contributed by atoms with van der Waals surface area (Å²) < 4.78 is 0. The van der Waals surface area contributed by atoms with Crippen molar-refractivity contribution < 1.29 is 0 Å². The molecule has 118 valence electrons. The van der Waals surface area contributed by atoms with Crippen LogP contribution in [-0.4, -0.2) is 10.4 Å². The normalized spacial score (nSPS) is 25.1. The summed E-state index contributed by atoms with van der Waals surface area (Å²) in [5.41, 5.74) is 3.04. The number of fused-ring (bicyclic) bond motifs is 1. The highest BCUT2D eigenvalue weighted by molar-refractivity contribution is 5.71. The van der Waals surface area contributed by atoms with E-state index in [1.165, 1.54) is 11.3 Å². The second-order valence-corrected chi connectivity index (χ2v) is 9.47. The maximum atomic E-state index is 9.70. The lowest BCUT2D eigenvalue weighted by molar-refractivity contribution is -0.00602. The van der Waals surface area contributed by atoms with Gasteiger partial charge in [0.2, 0.25) is 0 Å². The highest BCUT2D eigenvalue weighted by Gasteiger charge is 2.71. The van der Waals surface area contributed by atoms with Crippen LogP contribution in [0, 0.1) is 38.9 Å². The molecule has 0 N–H and O–H groups in total. The van der Waals surface area contributed by atoms with Gasteiger partial charge in [-0.05, 0) is 16.4 Å². The Bertz CT molecular complexity index is 673. The predicted octanol–water partition coefficient (Wildman–Crippen LogP) is 4.75. The van der Waals surface area contributed by atoms with Crippen LogP contribution in [0.1, 0.15) is 62.3 Å². The molecule has 3 heteroatoms. The lowest BCUT2D eigenvalue weighted by Gasteiger charge is -2.71. The van der Waals surface area contributed by atoms with Crippen molar-refractivity contribution in [2.45, 2.75) is 67.9 Å². The average Bonchev–Trinajstić information content (AvgIpc) is 2.24. The Morgan fingerprint density at radius 3 is 1.59 bits per heavy atom. The van der Waals surface area contributed by atoms with E-state index in [4.69, 9.17) is 0 Å². The largest absolute Gasteiger partial charge is 0.320 e. The minimum atomic E-state index is -0.423. The number of hydrogen-bond donors (Lipinski definition) is 0. The van der Waals surface area contributed by atoms with Gasteiger partial charge in [0.05, 0.1) is 5.57 Å². The minimum Gasteiger partial charge on any atom is -0.320 e. The Morgan fingerprint density at radius 2 is 1.32 bits per heavy atom. The summed E-state index contributed by atoms with van der Waals surface area (Å²) in [5, 5.41) is 19.2. The molecule has 22 heavy (non-hydrogen) atoms. The molecule has 0 spiro atoms. The highest BCUT2D eigenvalue weighted by atomic mass is 15.3. The van der Waals surface area contributed by atoms with E-state index in [2.05, 4.69) is 79.4 Å². The summed E-state index contributed by atoms with van der Waals surface area (Å²) in [6.45, 7) is 19.7. The fourth-order valence-corrected chi connectivity index (χ4v) is 4.19. The lowest BCUT2D eigenvalue weighted by Crippen LogP contribution is -2.75. The third-order valence-corrected chi connectivity index (χ3v) is 4.74. The quantitative estimate of drug-likeness (QED) is 0.648. The van der Waals surface area contributed by atoms with Crippen LogP contribution in [0.15, 0.2) is 22.5 Å². The highest BCUT2D eigenvalue weighted by Crippen LogP contribution is 2.70. The van der Waals surface area contributed by atoms with Gasteiger partial charge in [0.15, 0.2) is 0 Å². The first-order chi connectivity index (χ1) is 9.76. The van der Waals surface area contributed by atoms with Gasteiger partial charge in [-0.3, -0.25) is 0 Å². The van der Waals surface area contributed by atoms with E-state index in [9.17, 15) is 10.5 Å².